The number of nitrogens with one attached hydrogen (secondary N) is 2. The van der Waals surface area contributed by atoms with Gasteiger partial charge in [0.05, 0.1) is 12.1 Å². The molecule has 0 saturated heterocycles. The van der Waals surface area contributed by atoms with Crippen LogP contribution in [0.3, 0.4) is 0 Å². The Morgan fingerprint density at radius 3 is 2.71 bits per heavy atom. The molecule has 0 unspecified atom stereocenters. The zero-order valence-corrected chi connectivity index (χ0v) is 13.1. The van der Waals surface area contributed by atoms with Gasteiger partial charge in [-0.2, -0.15) is 0 Å². The van der Waals surface area contributed by atoms with E-state index in [1.54, 1.807) is 0 Å². The number of aliphatic hydroxyl groups excluding tert-OH is 1. The Hall–Kier alpha value is -1.75. The standard InChI is InChI=1S/C16H25N3O2/c1-4-16(5-2,11-20)18-15(21)17-13-7-6-12-8-9-19(3)14(12)10-13/h6-7,10,20H,4-5,8-9,11H2,1-3H3,(H2,17,18,21). The molecule has 2 rings (SSSR count). The number of hydrogen-bond acceptors (Lipinski definition) is 3. The predicted molar refractivity (Wildman–Crippen MR) is 86.0 cm³/mol. The van der Waals surface area contributed by atoms with Gasteiger partial charge in [0.1, 0.15) is 0 Å². The summed E-state index contributed by atoms with van der Waals surface area (Å²) < 4.78 is 0. The molecule has 0 saturated carbocycles. The van der Waals surface area contributed by atoms with Crippen LogP contribution in [0.4, 0.5) is 16.2 Å². The minimum atomic E-state index is -0.544. The van der Waals surface area contributed by atoms with Gasteiger partial charge < -0.3 is 20.6 Å². The summed E-state index contributed by atoms with van der Waals surface area (Å²) in [5.74, 6) is 0. The summed E-state index contributed by atoms with van der Waals surface area (Å²) in [6.07, 6.45) is 2.44. The number of likely N-dealkylation sites (N-methyl/N-ethyl adjacent to an activating group) is 1. The third kappa shape index (κ3) is 3.29. The first-order chi connectivity index (χ1) is 10.0. The van der Waals surface area contributed by atoms with Crippen LogP contribution in [0.1, 0.15) is 32.3 Å². The minimum Gasteiger partial charge on any atom is -0.394 e. The number of amides is 2. The van der Waals surface area contributed by atoms with Crippen molar-refractivity contribution in [3.8, 4) is 0 Å². The third-order valence-electron chi connectivity index (χ3n) is 4.51. The second-order valence-corrected chi connectivity index (χ2v) is 5.74. The minimum absolute atomic E-state index is 0.0552. The highest BCUT2D eigenvalue weighted by atomic mass is 16.3. The van der Waals surface area contributed by atoms with E-state index in [1.165, 1.54) is 11.3 Å². The monoisotopic (exact) mass is 291 g/mol. The van der Waals surface area contributed by atoms with E-state index in [1.807, 2.05) is 26.0 Å². The van der Waals surface area contributed by atoms with Crippen molar-refractivity contribution in [2.24, 2.45) is 0 Å². The first kappa shape index (κ1) is 15.6. The average Bonchev–Trinajstić information content (AvgIpc) is 2.86. The lowest BCUT2D eigenvalue weighted by Crippen LogP contribution is -2.52. The van der Waals surface area contributed by atoms with Gasteiger partial charge in [-0.05, 0) is 37.0 Å². The molecule has 116 valence electrons. The third-order valence-corrected chi connectivity index (χ3v) is 4.51. The molecule has 0 aliphatic carbocycles. The molecular weight excluding hydrogens is 266 g/mol. The quantitative estimate of drug-likeness (QED) is 0.780. The van der Waals surface area contributed by atoms with Crippen LogP contribution in [0.25, 0.3) is 0 Å². The van der Waals surface area contributed by atoms with Crippen molar-refractivity contribution in [1.29, 1.82) is 0 Å². The molecular formula is C16H25N3O2. The van der Waals surface area contributed by atoms with Crippen LogP contribution in [0.5, 0.6) is 0 Å². The van der Waals surface area contributed by atoms with E-state index in [4.69, 9.17) is 0 Å². The molecule has 0 spiro atoms. The number of nitrogens with zero attached hydrogens (tertiary/aromatic N) is 1. The largest absolute Gasteiger partial charge is 0.394 e. The topological polar surface area (TPSA) is 64.6 Å². The van der Waals surface area contributed by atoms with Crippen LogP contribution in [0, 0.1) is 0 Å². The molecule has 1 aromatic rings. The number of urea groups is 1. The van der Waals surface area contributed by atoms with Crippen LogP contribution in [0.15, 0.2) is 18.2 Å². The molecule has 3 N–H and O–H groups in total. The zero-order valence-electron chi connectivity index (χ0n) is 13.1. The Morgan fingerprint density at radius 1 is 1.38 bits per heavy atom. The maximum Gasteiger partial charge on any atom is 0.319 e. The Kier molecular flexibility index (Phi) is 4.73. The van der Waals surface area contributed by atoms with Gasteiger partial charge in [-0.3, -0.25) is 0 Å². The smallest absolute Gasteiger partial charge is 0.319 e. The van der Waals surface area contributed by atoms with Crippen LogP contribution in [-0.4, -0.2) is 36.9 Å². The van der Waals surface area contributed by atoms with Crippen molar-refractivity contribution in [1.82, 2.24) is 5.32 Å². The van der Waals surface area contributed by atoms with E-state index < -0.39 is 5.54 Å². The van der Waals surface area contributed by atoms with Crippen LogP contribution < -0.4 is 15.5 Å². The summed E-state index contributed by atoms with van der Waals surface area (Å²) in [4.78, 5) is 14.3. The molecule has 5 heteroatoms. The predicted octanol–water partition coefficient (Wildman–Crippen LogP) is 2.35. The van der Waals surface area contributed by atoms with Gasteiger partial charge in [-0.25, -0.2) is 4.79 Å². The summed E-state index contributed by atoms with van der Waals surface area (Å²) >= 11 is 0. The molecule has 1 aliphatic rings. The van der Waals surface area contributed by atoms with Gasteiger partial charge in [0.25, 0.3) is 0 Å². The number of aliphatic hydroxyl groups is 1. The molecule has 5 nitrogen and oxygen atoms in total. The number of benzene rings is 1. The van der Waals surface area contributed by atoms with Gasteiger partial charge in [0, 0.05) is 25.0 Å². The van der Waals surface area contributed by atoms with Crippen molar-refractivity contribution in [2.45, 2.75) is 38.6 Å². The van der Waals surface area contributed by atoms with Gasteiger partial charge in [-0.15, -0.1) is 0 Å². The molecule has 0 atom stereocenters. The van der Waals surface area contributed by atoms with Crippen molar-refractivity contribution in [3.05, 3.63) is 23.8 Å². The van der Waals surface area contributed by atoms with E-state index in [2.05, 4.69) is 28.6 Å². The highest BCUT2D eigenvalue weighted by Gasteiger charge is 2.27. The lowest BCUT2D eigenvalue weighted by Gasteiger charge is -2.30. The van der Waals surface area contributed by atoms with Crippen molar-refractivity contribution in [3.63, 3.8) is 0 Å². The van der Waals surface area contributed by atoms with Crippen molar-refractivity contribution in [2.75, 3.05) is 30.4 Å². The zero-order chi connectivity index (χ0) is 15.5. The van der Waals surface area contributed by atoms with E-state index in [0.717, 1.165) is 18.7 Å². The van der Waals surface area contributed by atoms with Gasteiger partial charge in [-0.1, -0.05) is 19.9 Å². The van der Waals surface area contributed by atoms with Crippen LogP contribution in [0.2, 0.25) is 0 Å². The number of carbonyl (C=O) groups is 1. The number of carbonyl (C=O) groups excluding carboxylic acids is 1. The Bertz CT molecular complexity index is 504. The fraction of sp³-hybridized carbons (Fsp3) is 0.562. The number of anilines is 2. The molecule has 0 fully saturated rings. The first-order valence-electron chi connectivity index (χ1n) is 7.57. The number of fused-ring (bicyclic) bond motifs is 1. The fourth-order valence-electron chi connectivity index (χ4n) is 2.71. The SMILES string of the molecule is CCC(CC)(CO)NC(=O)Nc1ccc2c(c1)N(C)CC2. The van der Waals surface area contributed by atoms with E-state index in [0.29, 0.717) is 12.8 Å². The highest BCUT2D eigenvalue weighted by Crippen LogP contribution is 2.29. The summed E-state index contributed by atoms with van der Waals surface area (Å²) in [5.41, 5.74) is 2.72. The molecule has 1 aromatic carbocycles. The second-order valence-electron chi connectivity index (χ2n) is 5.74. The van der Waals surface area contributed by atoms with Crippen LogP contribution >= 0.6 is 0 Å². The van der Waals surface area contributed by atoms with Crippen molar-refractivity contribution >= 4 is 17.4 Å². The molecule has 2 amide bonds. The van der Waals surface area contributed by atoms with E-state index in [-0.39, 0.29) is 12.6 Å². The Morgan fingerprint density at radius 2 is 2.10 bits per heavy atom. The maximum atomic E-state index is 12.1. The summed E-state index contributed by atoms with van der Waals surface area (Å²) in [5, 5.41) is 15.3. The second kappa shape index (κ2) is 6.35. The number of hydrogen-bond donors (Lipinski definition) is 3. The molecule has 1 heterocycles. The van der Waals surface area contributed by atoms with Crippen molar-refractivity contribution < 1.29 is 9.90 Å². The first-order valence-corrected chi connectivity index (χ1v) is 7.57. The Labute approximate surface area is 126 Å². The molecule has 1 aliphatic heterocycles. The summed E-state index contributed by atoms with van der Waals surface area (Å²) in [7, 11) is 2.06. The van der Waals surface area contributed by atoms with E-state index >= 15 is 0 Å². The van der Waals surface area contributed by atoms with Gasteiger partial charge >= 0.3 is 6.03 Å². The molecule has 0 radical (unpaired) electrons. The van der Waals surface area contributed by atoms with Gasteiger partial charge in [0.2, 0.25) is 0 Å². The van der Waals surface area contributed by atoms with E-state index in [9.17, 15) is 9.90 Å². The maximum absolute atomic E-state index is 12.1. The fourth-order valence-corrected chi connectivity index (χ4v) is 2.71. The van der Waals surface area contributed by atoms with Gasteiger partial charge in [0.15, 0.2) is 0 Å². The Balaban J connectivity index is 2.05. The summed E-state index contributed by atoms with van der Waals surface area (Å²) in [6, 6.07) is 5.72. The molecule has 0 aromatic heterocycles. The molecule has 0 bridgehead atoms. The summed E-state index contributed by atoms with van der Waals surface area (Å²) in [6.45, 7) is 4.89. The molecule has 21 heavy (non-hydrogen) atoms. The normalized spacial score (nSPS) is 14.0. The lowest BCUT2D eigenvalue weighted by atomic mass is 9.94. The lowest BCUT2D eigenvalue weighted by molar-refractivity contribution is 0.155. The van der Waals surface area contributed by atoms with Crippen LogP contribution in [-0.2, 0) is 6.42 Å². The average molecular weight is 291 g/mol. The highest BCUT2D eigenvalue weighted by molar-refractivity contribution is 5.90. The number of rotatable bonds is 5.